The quantitative estimate of drug-likeness (QED) is 0.774. The molecule has 1 N–H and O–H groups in total. The minimum atomic E-state index is -0.263. The minimum absolute atomic E-state index is 0.263. The molecule has 0 spiro atoms. The van der Waals surface area contributed by atoms with E-state index in [-0.39, 0.29) is 5.82 Å². The van der Waals surface area contributed by atoms with Gasteiger partial charge in [0.25, 0.3) is 0 Å². The highest BCUT2D eigenvalue weighted by molar-refractivity contribution is 5.38. The largest absolute Gasteiger partial charge is 0.356 e. The van der Waals surface area contributed by atoms with Crippen molar-refractivity contribution in [2.75, 3.05) is 31.1 Å². The van der Waals surface area contributed by atoms with Crippen molar-refractivity contribution in [3.63, 3.8) is 0 Å². The number of nitrogens with one attached hydrogen (secondary N) is 1. The van der Waals surface area contributed by atoms with Crippen LogP contribution in [0, 0.1) is 17.7 Å². The van der Waals surface area contributed by atoms with Gasteiger partial charge in [-0.05, 0) is 43.5 Å². The third kappa shape index (κ3) is 1.78. The lowest BCUT2D eigenvalue weighted by Crippen LogP contribution is -2.40. The van der Waals surface area contributed by atoms with Crippen LogP contribution in [0.25, 0.3) is 0 Å². The van der Waals surface area contributed by atoms with Crippen LogP contribution in [0.3, 0.4) is 0 Å². The zero-order chi connectivity index (χ0) is 11.0. The zero-order valence-corrected chi connectivity index (χ0v) is 9.19. The first kappa shape index (κ1) is 10.0. The van der Waals surface area contributed by atoms with Gasteiger partial charge in [-0.15, -0.1) is 0 Å². The summed E-state index contributed by atoms with van der Waals surface area (Å²) in [6.45, 7) is 4.37. The summed E-state index contributed by atoms with van der Waals surface area (Å²) >= 11 is 0. The number of piperidine rings is 1. The topological polar surface area (TPSA) is 28.2 Å². The van der Waals surface area contributed by atoms with Gasteiger partial charge in [-0.2, -0.15) is 0 Å². The van der Waals surface area contributed by atoms with Crippen LogP contribution < -0.4 is 10.2 Å². The molecular weight excluding hydrogens is 205 g/mol. The van der Waals surface area contributed by atoms with Crippen LogP contribution in [0.1, 0.15) is 6.42 Å². The highest BCUT2D eigenvalue weighted by Crippen LogP contribution is 2.28. The van der Waals surface area contributed by atoms with Crippen LogP contribution in [0.5, 0.6) is 0 Å². The highest BCUT2D eigenvalue weighted by atomic mass is 19.1. The molecule has 2 aliphatic heterocycles. The molecule has 0 aliphatic carbocycles. The summed E-state index contributed by atoms with van der Waals surface area (Å²) in [7, 11) is 0. The number of anilines is 1. The van der Waals surface area contributed by atoms with Gasteiger partial charge in [0.2, 0.25) is 0 Å². The molecule has 2 unspecified atom stereocenters. The van der Waals surface area contributed by atoms with Crippen molar-refractivity contribution in [2.24, 2.45) is 11.8 Å². The first-order valence-electron chi connectivity index (χ1n) is 5.90. The van der Waals surface area contributed by atoms with Gasteiger partial charge in [0.15, 0.2) is 0 Å². The molecule has 0 amide bonds. The number of nitrogens with zero attached hydrogens (tertiary/aromatic N) is 2. The molecule has 86 valence electrons. The molecule has 3 rings (SSSR count). The van der Waals surface area contributed by atoms with Gasteiger partial charge in [-0.25, -0.2) is 9.37 Å². The molecule has 1 aromatic heterocycles. The predicted molar refractivity (Wildman–Crippen MR) is 60.9 cm³/mol. The van der Waals surface area contributed by atoms with Crippen LogP contribution in [0.2, 0.25) is 0 Å². The lowest BCUT2D eigenvalue weighted by Gasteiger charge is -2.35. The molecule has 0 aromatic carbocycles. The van der Waals surface area contributed by atoms with Crippen LogP contribution in [-0.4, -0.2) is 31.2 Å². The summed E-state index contributed by atoms with van der Waals surface area (Å²) in [5, 5.41) is 3.44. The molecule has 3 heterocycles. The third-order valence-electron chi connectivity index (χ3n) is 3.74. The highest BCUT2D eigenvalue weighted by Gasteiger charge is 2.32. The van der Waals surface area contributed by atoms with Gasteiger partial charge in [0, 0.05) is 13.1 Å². The van der Waals surface area contributed by atoms with Crippen LogP contribution >= 0.6 is 0 Å². The molecule has 4 heteroatoms. The first-order chi connectivity index (χ1) is 7.83. The van der Waals surface area contributed by atoms with Gasteiger partial charge in [-0.1, -0.05) is 0 Å². The number of aromatic nitrogens is 1. The van der Waals surface area contributed by atoms with Crippen molar-refractivity contribution >= 4 is 5.82 Å². The molecule has 2 aliphatic rings. The number of fused-ring (bicyclic) bond motifs is 1. The van der Waals surface area contributed by atoms with E-state index in [1.165, 1.54) is 18.7 Å². The summed E-state index contributed by atoms with van der Waals surface area (Å²) in [4.78, 5) is 6.42. The second-order valence-electron chi connectivity index (χ2n) is 4.75. The van der Waals surface area contributed by atoms with E-state index in [0.29, 0.717) is 0 Å². The molecule has 1 aromatic rings. The summed E-state index contributed by atoms with van der Waals surface area (Å²) in [6, 6.07) is 3.26. The van der Waals surface area contributed by atoms with E-state index in [1.54, 1.807) is 6.07 Å². The number of hydrogen-bond acceptors (Lipinski definition) is 3. The Morgan fingerprint density at radius 1 is 1.31 bits per heavy atom. The number of pyridine rings is 1. The maximum Gasteiger partial charge on any atom is 0.141 e. The van der Waals surface area contributed by atoms with Crippen LogP contribution in [-0.2, 0) is 0 Å². The average Bonchev–Trinajstić information content (AvgIpc) is 2.77. The fourth-order valence-electron chi connectivity index (χ4n) is 2.80. The van der Waals surface area contributed by atoms with E-state index < -0.39 is 0 Å². The summed E-state index contributed by atoms with van der Waals surface area (Å²) < 4.78 is 12.8. The smallest absolute Gasteiger partial charge is 0.141 e. The van der Waals surface area contributed by atoms with E-state index in [0.717, 1.165) is 43.8 Å². The summed E-state index contributed by atoms with van der Waals surface area (Å²) in [6.07, 6.45) is 2.52. The minimum Gasteiger partial charge on any atom is -0.356 e. The molecule has 2 fully saturated rings. The van der Waals surface area contributed by atoms with Gasteiger partial charge >= 0.3 is 0 Å². The van der Waals surface area contributed by atoms with Gasteiger partial charge in [0.1, 0.15) is 11.6 Å². The summed E-state index contributed by atoms with van der Waals surface area (Å²) in [5.41, 5.74) is 0. The lowest BCUT2D eigenvalue weighted by atomic mass is 9.89. The van der Waals surface area contributed by atoms with Gasteiger partial charge in [0.05, 0.1) is 6.20 Å². The Labute approximate surface area is 94.7 Å². The van der Waals surface area contributed by atoms with E-state index in [9.17, 15) is 4.39 Å². The molecule has 0 bridgehead atoms. The number of hydrogen-bond donors (Lipinski definition) is 1. The Morgan fingerprint density at radius 3 is 3.00 bits per heavy atom. The van der Waals surface area contributed by atoms with Crippen LogP contribution in [0.15, 0.2) is 18.3 Å². The Balaban J connectivity index is 1.74. The molecule has 2 atom stereocenters. The molecular formula is C12H16FN3. The summed E-state index contributed by atoms with van der Waals surface area (Å²) in [5.74, 6) is 2.21. The first-order valence-corrected chi connectivity index (χ1v) is 5.90. The van der Waals surface area contributed by atoms with E-state index in [4.69, 9.17) is 0 Å². The molecule has 2 saturated heterocycles. The Morgan fingerprint density at radius 2 is 2.19 bits per heavy atom. The maximum absolute atomic E-state index is 12.8. The Kier molecular flexibility index (Phi) is 2.52. The second-order valence-corrected chi connectivity index (χ2v) is 4.75. The second kappa shape index (κ2) is 4.01. The third-order valence-corrected chi connectivity index (χ3v) is 3.74. The SMILES string of the molecule is Fc1ccc(N2CCC3CNCC3C2)nc1. The van der Waals surface area contributed by atoms with Crippen molar-refractivity contribution < 1.29 is 4.39 Å². The average molecular weight is 221 g/mol. The fourth-order valence-corrected chi connectivity index (χ4v) is 2.80. The van der Waals surface area contributed by atoms with Crippen molar-refractivity contribution in [1.82, 2.24) is 10.3 Å². The number of rotatable bonds is 1. The van der Waals surface area contributed by atoms with E-state index in [2.05, 4.69) is 15.2 Å². The fraction of sp³-hybridized carbons (Fsp3) is 0.583. The predicted octanol–water partition coefficient (Wildman–Crippen LogP) is 1.27. The molecule has 3 nitrogen and oxygen atoms in total. The van der Waals surface area contributed by atoms with Gasteiger partial charge < -0.3 is 10.2 Å². The van der Waals surface area contributed by atoms with Crippen molar-refractivity contribution in [2.45, 2.75) is 6.42 Å². The monoisotopic (exact) mass is 221 g/mol. The Hall–Kier alpha value is -1.16. The normalized spacial score (nSPS) is 29.2. The lowest BCUT2D eigenvalue weighted by molar-refractivity contribution is 0.347. The molecule has 0 saturated carbocycles. The van der Waals surface area contributed by atoms with Crippen molar-refractivity contribution in [3.05, 3.63) is 24.1 Å². The Bertz CT molecular complexity index is 365. The molecule has 0 radical (unpaired) electrons. The number of halogens is 1. The van der Waals surface area contributed by atoms with Crippen LogP contribution in [0.4, 0.5) is 10.2 Å². The van der Waals surface area contributed by atoms with E-state index >= 15 is 0 Å². The molecule has 16 heavy (non-hydrogen) atoms. The van der Waals surface area contributed by atoms with E-state index in [1.807, 2.05) is 0 Å². The van der Waals surface area contributed by atoms with Gasteiger partial charge in [-0.3, -0.25) is 0 Å². The van der Waals surface area contributed by atoms with Crippen molar-refractivity contribution in [1.29, 1.82) is 0 Å². The maximum atomic E-state index is 12.8. The standard InChI is InChI=1S/C12H16FN3/c13-11-1-2-12(15-7-11)16-4-3-9-5-14-6-10(9)8-16/h1-2,7,9-10,14H,3-6,8H2. The zero-order valence-electron chi connectivity index (χ0n) is 9.19. The van der Waals surface area contributed by atoms with Crippen molar-refractivity contribution in [3.8, 4) is 0 Å².